The van der Waals surface area contributed by atoms with Crippen LogP contribution in [0.2, 0.25) is 0 Å². The van der Waals surface area contributed by atoms with Crippen LogP contribution in [0.15, 0.2) is 6.07 Å². The van der Waals surface area contributed by atoms with E-state index in [1.54, 1.807) is 0 Å². The number of nitrogens with two attached hydrogens (primary N) is 2. The normalized spacial score (nSPS) is 24.5. The first-order valence-electron chi connectivity index (χ1n) is 9.45. The number of hydrogen-bond acceptors (Lipinski definition) is 7. The number of piperidine rings is 1. The molecule has 7 nitrogen and oxygen atoms in total. The molecule has 1 aromatic rings. The van der Waals surface area contributed by atoms with E-state index >= 15 is 0 Å². The summed E-state index contributed by atoms with van der Waals surface area (Å²) in [7, 11) is 4.36. The second-order valence-corrected chi connectivity index (χ2v) is 7.87. The zero-order valence-corrected chi connectivity index (χ0v) is 18.3. The Balaban J connectivity index is 0.00000182. The molecule has 1 aliphatic carbocycles. The quantitative estimate of drug-likeness (QED) is 0.647. The lowest BCUT2D eigenvalue weighted by atomic mass is 9.78. The van der Waals surface area contributed by atoms with Gasteiger partial charge in [0, 0.05) is 30.1 Å². The first-order chi connectivity index (χ1) is 11.9. The minimum Gasteiger partial charge on any atom is -0.368 e. The molecule has 3 rings (SSSR count). The number of rotatable bonds is 6. The van der Waals surface area contributed by atoms with Gasteiger partial charge < -0.3 is 26.6 Å². The standard InChI is InChI=1S/C18H33N7.2ClH/c1-4-25-7-5-18(6-8-25,24(2)3)12-21-16-11-15(22-17(20)23-16)13-9-14(19)10-13;;/h11,13-14H,4-10,12,19H2,1-3H3,(H3,20,21,22,23);2*1H. The van der Waals surface area contributed by atoms with Gasteiger partial charge in [-0.15, -0.1) is 24.8 Å². The van der Waals surface area contributed by atoms with Gasteiger partial charge in [0.1, 0.15) is 5.82 Å². The third-order valence-electron chi connectivity index (χ3n) is 6.14. The highest BCUT2D eigenvalue weighted by atomic mass is 35.5. The number of nitrogen functional groups attached to an aromatic ring is 1. The van der Waals surface area contributed by atoms with Gasteiger partial charge in [0.25, 0.3) is 0 Å². The summed E-state index contributed by atoms with van der Waals surface area (Å²) in [4.78, 5) is 13.7. The molecule has 0 unspecified atom stereocenters. The van der Waals surface area contributed by atoms with Crippen LogP contribution >= 0.6 is 24.8 Å². The van der Waals surface area contributed by atoms with E-state index in [2.05, 4.69) is 52.2 Å². The third-order valence-corrected chi connectivity index (χ3v) is 6.14. The molecule has 0 atom stereocenters. The summed E-state index contributed by atoms with van der Waals surface area (Å²) >= 11 is 0. The highest BCUT2D eigenvalue weighted by molar-refractivity contribution is 5.85. The summed E-state index contributed by atoms with van der Waals surface area (Å²) in [5.74, 6) is 1.61. The molecule has 0 amide bonds. The molecule has 1 aromatic heterocycles. The molecule has 1 saturated heterocycles. The number of nitrogens with one attached hydrogen (secondary N) is 1. The number of hydrogen-bond donors (Lipinski definition) is 3. The fraction of sp³-hybridized carbons (Fsp3) is 0.778. The largest absolute Gasteiger partial charge is 0.368 e. The average molecular weight is 420 g/mol. The molecule has 0 spiro atoms. The number of anilines is 2. The van der Waals surface area contributed by atoms with Crippen molar-refractivity contribution in [3.63, 3.8) is 0 Å². The summed E-state index contributed by atoms with van der Waals surface area (Å²) in [6.07, 6.45) is 4.30. The first-order valence-corrected chi connectivity index (χ1v) is 9.45. The van der Waals surface area contributed by atoms with Crippen molar-refractivity contribution in [1.82, 2.24) is 19.8 Å². The minimum absolute atomic E-state index is 0. The lowest BCUT2D eigenvalue weighted by molar-refractivity contribution is 0.0686. The Labute approximate surface area is 175 Å². The molecule has 9 heteroatoms. The average Bonchev–Trinajstić information content (AvgIpc) is 2.57. The zero-order valence-electron chi connectivity index (χ0n) is 16.6. The van der Waals surface area contributed by atoms with E-state index in [0.717, 1.165) is 63.4 Å². The lowest BCUT2D eigenvalue weighted by Gasteiger charge is -2.46. The van der Waals surface area contributed by atoms with E-state index in [1.165, 1.54) is 0 Å². The van der Waals surface area contributed by atoms with Crippen LogP contribution in [0.1, 0.15) is 44.2 Å². The Morgan fingerprint density at radius 1 is 1.22 bits per heavy atom. The molecule has 2 fully saturated rings. The predicted molar refractivity (Wildman–Crippen MR) is 117 cm³/mol. The molecule has 2 aliphatic rings. The van der Waals surface area contributed by atoms with E-state index < -0.39 is 0 Å². The molecule has 5 N–H and O–H groups in total. The topological polar surface area (TPSA) is 96.3 Å². The fourth-order valence-electron chi connectivity index (χ4n) is 4.01. The van der Waals surface area contributed by atoms with E-state index in [-0.39, 0.29) is 30.4 Å². The van der Waals surface area contributed by atoms with E-state index in [4.69, 9.17) is 11.5 Å². The summed E-state index contributed by atoms with van der Waals surface area (Å²) < 4.78 is 0. The number of aromatic nitrogens is 2. The molecule has 2 heterocycles. The smallest absolute Gasteiger partial charge is 0.222 e. The first kappa shape index (κ1) is 24.2. The van der Waals surface area contributed by atoms with Crippen LogP contribution in [-0.4, -0.2) is 71.6 Å². The minimum atomic E-state index is 0. The molecule has 0 radical (unpaired) electrons. The number of nitrogens with zero attached hydrogens (tertiary/aromatic N) is 4. The molecule has 0 aromatic carbocycles. The van der Waals surface area contributed by atoms with Crippen LogP contribution in [0.25, 0.3) is 0 Å². The number of halogens is 2. The van der Waals surface area contributed by atoms with Crippen molar-refractivity contribution >= 4 is 36.6 Å². The molecule has 27 heavy (non-hydrogen) atoms. The highest BCUT2D eigenvalue weighted by Crippen LogP contribution is 2.35. The summed E-state index contributed by atoms with van der Waals surface area (Å²) in [6.45, 7) is 6.53. The lowest BCUT2D eigenvalue weighted by Crippen LogP contribution is -2.56. The Morgan fingerprint density at radius 2 is 1.85 bits per heavy atom. The van der Waals surface area contributed by atoms with Gasteiger partial charge in [-0.3, -0.25) is 0 Å². The van der Waals surface area contributed by atoms with Crippen molar-refractivity contribution in [3.05, 3.63) is 11.8 Å². The maximum absolute atomic E-state index is 5.94. The second kappa shape index (κ2) is 10.1. The zero-order chi connectivity index (χ0) is 18.0. The Morgan fingerprint density at radius 3 is 2.37 bits per heavy atom. The molecule has 1 saturated carbocycles. The van der Waals surface area contributed by atoms with Crippen molar-refractivity contribution in [2.24, 2.45) is 5.73 Å². The Bertz CT molecular complexity index is 585. The van der Waals surface area contributed by atoms with E-state index in [1.807, 2.05) is 0 Å². The SMILES string of the molecule is CCN1CCC(CNc2cc(C3CC(N)C3)nc(N)n2)(N(C)C)CC1.Cl.Cl. The fourth-order valence-corrected chi connectivity index (χ4v) is 4.01. The Kier molecular flexibility index (Phi) is 9.02. The molecule has 1 aliphatic heterocycles. The van der Waals surface area contributed by atoms with Crippen LogP contribution in [0.4, 0.5) is 11.8 Å². The summed E-state index contributed by atoms with van der Waals surface area (Å²) in [5, 5.41) is 3.54. The number of likely N-dealkylation sites (tertiary alicyclic amines) is 1. The molecule has 0 bridgehead atoms. The second-order valence-electron chi connectivity index (χ2n) is 7.87. The maximum atomic E-state index is 5.94. The molecular weight excluding hydrogens is 385 g/mol. The Hall–Kier alpha value is -0.860. The molecule has 156 valence electrons. The van der Waals surface area contributed by atoms with Crippen LogP contribution in [0.3, 0.4) is 0 Å². The third kappa shape index (κ3) is 5.57. The van der Waals surface area contributed by atoms with Crippen molar-refractivity contribution in [1.29, 1.82) is 0 Å². The van der Waals surface area contributed by atoms with Crippen molar-refractivity contribution in [2.45, 2.75) is 50.1 Å². The number of likely N-dealkylation sites (N-methyl/N-ethyl adjacent to an activating group) is 1. The van der Waals surface area contributed by atoms with Crippen molar-refractivity contribution in [3.8, 4) is 0 Å². The van der Waals surface area contributed by atoms with Gasteiger partial charge in [-0.05, 0) is 59.4 Å². The maximum Gasteiger partial charge on any atom is 0.222 e. The van der Waals surface area contributed by atoms with Crippen molar-refractivity contribution < 1.29 is 0 Å². The van der Waals surface area contributed by atoms with Gasteiger partial charge in [-0.2, -0.15) is 4.98 Å². The van der Waals surface area contributed by atoms with Gasteiger partial charge in [-0.25, -0.2) is 4.98 Å². The summed E-state index contributed by atoms with van der Waals surface area (Å²) in [5.41, 5.74) is 13.0. The van der Waals surface area contributed by atoms with Gasteiger partial charge in [0.05, 0.1) is 5.69 Å². The van der Waals surface area contributed by atoms with Crippen LogP contribution in [0, 0.1) is 0 Å². The van der Waals surface area contributed by atoms with Gasteiger partial charge >= 0.3 is 0 Å². The predicted octanol–water partition coefficient (Wildman–Crippen LogP) is 1.94. The van der Waals surface area contributed by atoms with Crippen LogP contribution < -0.4 is 16.8 Å². The van der Waals surface area contributed by atoms with Crippen molar-refractivity contribution in [2.75, 3.05) is 51.3 Å². The van der Waals surface area contributed by atoms with Gasteiger partial charge in [-0.1, -0.05) is 6.92 Å². The molecular formula is C18H35Cl2N7. The van der Waals surface area contributed by atoms with Crippen LogP contribution in [0.5, 0.6) is 0 Å². The van der Waals surface area contributed by atoms with Gasteiger partial charge in [0.15, 0.2) is 0 Å². The van der Waals surface area contributed by atoms with Crippen LogP contribution in [-0.2, 0) is 0 Å². The van der Waals surface area contributed by atoms with E-state index in [0.29, 0.717) is 17.9 Å². The summed E-state index contributed by atoms with van der Waals surface area (Å²) in [6, 6.07) is 2.36. The van der Waals surface area contributed by atoms with Gasteiger partial charge in [0.2, 0.25) is 5.95 Å². The monoisotopic (exact) mass is 419 g/mol. The van der Waals surface area contributed by atoms with E-state index in [9.17, 15) is 0 Å². The highest BCUT2D eigenvalue weighted by Gasteiger charge is 2.36.